The van der Waals surface area contributed by atoms with Gasteiger partial charge in [0.2, 0.25) is 0 Å². The van der Waals surface area contributed by atoms with E-state index in [1.807, 2.05) is 25.7 Å². The number of nitrogens with one attached hydrogen (secondary N) is 1. The molecule has 23 heavy (non-hydrogen) atoms. The van der Waals surface area contributed by atoms with Crippen LogP contribution in [0.3, 0.4) is 0 Å². The van der Waals surface area contributed by atoms with Crippen LogP contribution in [0.25, 0.3) is 0 Å². The molecular weight excluding hydrogens is 288 g/mol. The van der Waals surface area contributed by atoms with Crippen molar-refractivity contribution in [1.82, 2.24) is 10.2 Å². The quantitative estimate of drug-likeness (QED) is 0.782. The van der Waals surface area contributed by atoms with Gasteiger partial charge in [0.15, 0.2) is 0 Å². The number of rotatable bonds is 4. The number of hydrogen-bond donors (Lipinski definition) is 1. The van der Waals surface area contributed by atoms with E-state index < -0.39 is 5.60 Å². The van der Waals surface area contributed by atoms with Crippen molar-refractivity contribution in [3.63, 3.8) is 0 Å². The molecule has 0 radical (unpaired) electrons. The van der Waals surface area contributed by atoms with Gasteiger partial charge in [-0.3, -0.25) is 0 Å². The number of carbonyl (C=O) groups is 1. The summed E-state index contributed by atoms with van der Waals surface area (Å²) >= 11 is 0. The lowest BCUT2D eigenvalue weighted by Gasteiger charge is -2.29. The summed E-state index contributed by atoms with van der Waals surface area (Å²) in [7, 11) is 0. The van der Waals surface area contributed by atoms with Crippen LogP contribution in [0.15, 0.2) is 0 Å². The van der Waals surface area contributed by atoms with E-state index in [1.165, 1.54) is 38.5 Å². The van der Waals surface area contributed by atoms with Crippen LogP contribution >= 0.6 is 0 Å². The predicted octanol–water partition coefficient (Wildman–Crippen LogP) is 4.33. The van der Waals surface area contributed by atoms with Gasteiger partial charge in [0.25, 0.3) is 0 Å². The molecule has 0 aromatic rings. The van der Waals surface area contributed by atoms with Gasteiger partial charge in [-0.25, -0.2) is 4.79 Å². The summed E-state index contributed by atoms with van der Waals surface area (Å²) in [6, 6.07) is 0.933. The summed E-state index contributed by atoms with van der Waals surface area (Å²) in [6.45, 7) is 9.87. The van der Waals surface area contributed by atoms with Crippen molar-refractivity contribution in [2.75, 3.05) is 13.1 Å². The van der Waals surface area contributed by atoms with Gasteiger partial charge in [-0.05, 0) is 58.8 Å². The van der Waals surface area contributed by atoms with E-state index >= 15 is 0 Å². The molecule has 1 amide bonds. The predicted molar refractivity (Wildman–Crippen MR) is 94.6 cm³/mol. The molecule has 2 rings (SSSR count). The number of ether oxygens (including phenoxy) is 1. The van der Waals surface area contributed by atoms with E-state index in [1.54, 1.807) is 0 Å². The molecule has 0 aromatic carbocycles. The Labute approximate surface area is 142 Å². The molecule has 3 atom stereocenters. The lowest BCUT2D eigenvalue weighted by molar-refractivity contribution is 0.0224. The minimum atomic E-state index is -0.409. The Morgan fingerprint density at radius 1 is 1.13 bits per heavy atom. The van der Waals surface area contributed by atoms with Gasteiger partial charge < -0.3 is 15.0 Å². The maximum atomic E-state index is 12.3. The first kappa shape index (κ1) is 18.6. The average molecular weight is 325 g/mol. The lowest BCUT2D eigenvalue weighted by Crippen LogP contribution is -2.46. The zero-order valence-corrected chi connectivity index (χ0v) is 15.6. The SMILES string of the molecule is CCC1CCCC(NCC2CCCN2C(=O)OC(C)(C)C)CC1. The van der Waals surface area contributed by atoms with E-state index in [2.05, 4.69) is 12.2 Å². The third kappa shape index (κ3) is 5.98. The van der Waals surface area contributed by atoms with Gasteiger partial charge in [0, 0.05) is 25.2 Å². The highest BCUT2D eigenvalue weighted by molar-refractivity contribution is 5.69. The molecule has 2 fully saturated rings. The topological polar surface area (TPSA) is 41.6 Å². The van der Waals surface area contributed by atoms with Crippen LogP contribution in [0.4, 0.5) is 4.79 Å². The van der Waals surface area contributed by atoms with Gasteiger partial charge in [-0.1, -0.05) is 26.2 Å². The minimum Gasteiger partial charge on any atom is -0.444 e. The zero-order chi connectivity index (χ0) is 16.9. The van der Waals surface area contributed by atoms with E-state index in [0.29, 0.717) is 12.1 Å². The van der Waals surface area contributed by atoms with Crippen LogP contribution < -0.4 is 5.32 Å². The average Bonchev–Trinajstić information content (AvgIpc) is 2.82. The number of hydrogen-bond acceptors (Lipinski definition) is 3. The van der Waals surface area contributed by atoms with Crippen LogP contribution in [0, 0.1) is 5.92 Å². The monoisotopic (exact) mass is 324 g/mol. The highest BCUT2D eigenvalue weighted by Crippen LogP contribution is 2.26. The fraction of sp³-hybridized carbons (Fsp3) is 0.947. The second-order valence-corrected chi connectivity index (χ2v) is 8.36. The first-order valence-corrected chi connectivity index (χ1v) is 9.62. The highest BCUT2D eigenvalue weighted by atomic mass is 16.6. The van der Waals surface area contributed by atoms with Gasteiger partial charge in [0.1, 0.15) is 5.60 Å². The first-order valence-electron chi connectivity index (χ1n) is 9.62. The van der Waals surface area contributed by atoms with Crippen molar-refractivity contribution in [2.24, 2.45) is 5.92 Å². The fourth-order valence-electron chi connectivity index (χ4n) is 3.90. The van der Waals surface area contributed by atoms with E-state index in [4.69, 9.17) is 4.74 Å². The van der Waals surface area contributed by atoms with Gasteiger partial charge in [0.05, 0.1) is 0 Å². The van der Waals surface area contributed by atoms with Crippen molar-refractivity contribution in [3.05, 3.63) is 0 Å². The Bertz CT molecular complexity index is 378. The lowest BCUT2D eigenvalue weighted by atomic mass is 9.98. The van der Waals surface area contributed by atoms with E-state index in [9.17, 15) is 4.79 Å². The third-order valence-electron chi connectivity index (χ3n) is 5.31. The van der Waals surface area contributed by atoms with Gasteiger partial charge in [-0.2, -0.15) is 0 Å². The maximum Gasteiger partial charge on any atom is 0.410 e. The maximum absolute atomic E-state index is 12.3. The van der Waals surface area contributed by atoms with Crippen LogP contribution in [-0.4, -0.2) is 41.8 Å². The Hall–Kier alpha value is -0.770. The molecule has 1 aliphatic heterocycles. The first-order chi connectivity index (χ1) is 10.9. The molecular formula is C19H36N2O2. The summed E-state index contributed by atoms with van der Waals surface area (Å²) in [6.07, 6.45) is 10.0. The fourth-order valence-corrected chi connectivity index (χ4v) is 3.90. The molecule has 1 aliphatic carbocycles. The van der Waals surface area contributed by atoms with Crippen LogP contribution in [0.1, 0.15) is 79.1 Å². The third-order valence-corrected chi connectivity index (χ3v) is 5.31. The largest absolute Gasteiger partial charge is 0.444 e. The standard InChI is InChI=1S/C19H36N2O2/c1-5-15-8-6-9-16(12-11-15)20-14-17-10-7-13-21(17)18(22)23-19(2,3)4/h15-17,20H,5-14H2,1-4H3. The molecule has 0 aromatic heterocycles. The number of carbonyl (C=O) groups excluding carboxylic acids is 1. The Morgan fingerprint density at radius 3 is 2.61 bits per heavy atom. The van der Waals surface area contributed by atoms with Crippen LogP contribution in [0.2, 0.25) is 0 Å². The molecule has 2 aliphatic rings. The van der Waals surface area contributed by atoms with Crippen molar-refractivity contribution >= 4 is 6.09 Å². The van der Waals surface area contributed by atoms with E-state index in [-0.39, 0.29) is 6.09 Å². The number of likely N-dealkylation sites (tertiary alicyclic amines) is 1. The zero-order valence-electron chi connectivity index (χ0n) is 15.6. The molecule has 0 spiro atoms. The van der Waals surface area contributed by atoms with Crippen LogP contribution in [-0.2, 0) is 4.74 Å². The summed E-state index contributed by atoms with van der Waals surface area (Å²) in [5, 5.41) is 3.75. The summed E-state index contributed by atoms with van der Waals surface area (Å²) in [5.74, 6) is 0.923. The molecule has 4 nitrogen and oxygen atoms in total. The summed E-state index contributed by atoms with van der Waals surface area (Å²) in [4.78, 5) is 14.3. The Kier molecular flexibility index (Phi) is 6.75. The van der Waals surface area contributed by atoms with Crippen molar-refractivity contribution in [2.45, 2.75) is 96.7 Å². The van der Waals surface area contributed by atoms with E-state index in [0.717, 1.165) is 31.8 Å². The second kappa shape index (κ2) is 8.36. The van der Waals surface area contributed by atoms with Crippen LogP contribution in [0.5, 0.6) is 0 Å². The number of amides is 1. The summed E-state index contributed by atoms with van der Waals surface area (Å²) < 4.78 is 5.55. The number of nitrogens with zero attached hydrogens (tertiary/aromatic N) is 1. The molecule has 134 valence electrons. The molecule has 3 unspecified atom stereocenters. The minimum absolute atomic E-state index is 0.145. The summed E-state index contributed by atoms with van der Waals surface area (Å²) in [5.41, 5.74) is -0.409. The Balaban J connectivity index is 1.79. The molecule has 1 heterocycles. The van der Waals surface area contributed by atoms with Crippen molar-refractivity contribution in [1.29, 1.82) is 0 Å². The molecule has 1 N–H and O–H groups in total. The Morgan fingerprint density at radius 2 is 1.91 bits per heavy atom. The van der Waals surface area contributed by atoms with Crippen molar-refractivity contribution < 1.29 is 9.53 Å². The smallest absolute Gasteiger partial charge is 0.410 e. The van der Waals surface area contributed by atoms with Gasteiger partial charge in [-0.15, -0.1) is 0 Å². The highest BCUT2D eigenvalue weighted by Gasteiger charge is 2.32. The molecule has 0 bridgehead atoms. The second-order valence-electron chi connectivity index (χ2n) is 8.36. The van der Waals surface area contributed by atoms with Crippen molar-refractivity contribution in [3.8, 4) is 0 Å². The molecule has 1 saturated heterocycles. The normalized spacial score (nSPS) is 29.4. The van der Waals surface area contributed by atoms with Gasteiger partial charge >= 0.3 is 6.09 Å². The molecule has 4 heteroatoms. The molecule has 1 saturated carbocycles.